The molecule has 0 atom stereocenters. The van der Waals surface area contributed by atoms with Crippen LogP contribution in [0.4, 0.5) is 13.2 Å². The van der Waals surface area contributed by atoms with Crippen molar-refractivity contribution in [2.75, 3.05) is 0 Å². The van der Waals surface area contributed by atoms with Gasteiger partial charge in [0.05, 0.1) is 5.56 Å². The summed E-state index contributed by atoms with van der Waals surface area (Å²) in [4.78, 5) is 13.4. The molecular weight excluding hydrogens is 287 g/mol. The van der Waals surface area contributed by atoms with Crippen LogP contribution in [-0.2, 0) is 6.18 Å². The molecule has 0 aliphatic carbocycles. The van der Waals surface area contributed by atoms with Crippen molar-refractivity contribution in [2.45, 2.75) is 6.18 Å². The lowest BCUT2D eigenvalue weighted by Crippen LogP contribution is -2.13. The summed E-state index contributed by atoms with van der Waals surface area (Å²) >= 11 is 3.11. The molecule has 0 amide bonds. The van der Waals surface area contributed by atoms with Crippen LogP contribution in [0.25, 0.3) is 10.8 Å². The van der Waals surface area contributed by atoms with Gasteiger partial charge in [-0.25, -0.2) is 0 Å². The Labute approximate surface area is 96.2 Å². The average Bonchev–Trinajstić information content (AvgIpc) is 2.17. The largest absolute Gasteiger partial charge is 0.418 e. The first-order valence-electron chi connectivity index (χ1n) is 4.28. The van der Waals surface area contributed by atoms with Gasteiger partial charge in [-0.15, -0.1) is 0 Å². The molecule has 0 bridgehead atoms. The number of H-pyrrole nitrogens is 1. The molecule has 6 heteroatoms. The fourth-order valence-electron chi connectivity index (χ4n) is 1.47. The molecule has 2 aromatic rings. The van der Waals surface area contributed by atoms with E-state index in [0.29, 0.717) is 10.7 Å². The van der Waals surface area contributed by atoms with E-state index in [9.17, 15) is 18.0 Å². The standard InChI is InChI=1S/C10H5BrF3NO/c11-5-1-2-6-7(3-5)9(16)15-4-8(6)10(12,13)14/h1-4H,(H,15,16). The summed E-state index contributed by atoms with van der Waals surface area (Å²) in [6.07, 6.45) is -3.78. The van der Waals surface area contributed by atoms with Crippen molar-refractivity contribution in [1.82, 2.24) is 4.98 Å². The number of fused-ring (bicyclic) bond motifs is 1. The minimum atomic E-state index is -4.48. The summed E-state index contributed by atoms with van der Waals surface area (Å²) in [5.74, 6) is 0. The lowest BCUT2D eigenvalue weighted by Gasteiger charge is -2.09. The summed E-state index contributed by atoms with van der Waals surface area (Å²) < 4.78 is 38.4. The van der Waals surface area contributed by atoms with E-state index in [2.05, 4.69) is 20.9 Å². The molecule has 0 aliphatic heterocycles. The van der Waals surface area contributed by atoms with Crippen molar-refractivity contribution in [1.29, 1.82) is 0 Å². The third-order valence-corrected chi connectivity index (χ3v) is 2.66. The second-order valence-corrected chi connectivity index (χ2v) is 4.13. The van der Waals surface area contributed by atoms with Crippen molar-refractivity contribution in [3.05, 3.63) is 44.8 Å². The maximum Gasteiger partial charge on any atom is 0.418 e. The quantitative estimate of drug-likeness (QED) is 0.794. The minimum Gasteiger partial charge on any atom is -0.328 e. The van der Waals surface area contributed by atoms with Crippen molar-refractivity contribution < 1.29 is 13.2 Å². The summed E-state index contributed by atoms with van der Waals surface area (Å²) in [6, 6.07) is 4.11. The number of aromatic amines is 1. The van der Waals surface area contributed by atoms with Crippen molar-refractivity contribution >= 4 is 26.7 Å². The van der Waals surface area contributed by atoms with Crippen LogP contribution in [0.3, 0.4) is 0 Å². The Balaban J connectivity index is 2.90. The molecule has 0 fully saturated rings. The van der Waals surface area contributed by atoms with E-state index in [1.165, 1.54) is 18.2 Å². The number of hydrogen-bond acceptors (Lipinski definition) is 1. The molecule has 84 valence electrons. The Kier molecular flexibility index (Phi) is 2.53. The van der Waals surface area contributed by atoms with Crippen LogP contribution in [0, 0.1) is 0 Å². The van der Waals surface area contributed by atoms with E-state index in [0.717, 1.165) is 0 Å². The number of aromatic nitrogens is 1. The smallest absolute Gasteiger partial charge is 0.328 e. The predicted molar refractivity (Wildman–Crippen MR) is 57.3 cm³/mol. The lowest BCUT2D eigenvalue weighted by molar-refractivity contribution is -0.136. The zero-order chi connectivity index (χ0) is 11.9. The molecule has 0 saturated carbocycles. The number of alkyl halides is 3. The molecule has 0 saturated heterocycles. The number of halogens is 4. The fourth-order valence-corrected chi connectivity index (χ4v) is 1.83. The molecule has 1 aromatic carbocycles. The van der Waals surface area contributed by atoms with E-state index < -0.39 is 17.3 Å². The van der Waals surface area contributed by atoms with E-state index in [-0.39, 0.29) is 10.8 Å². The number of benzene rings is 1. The highest BCUT2D eigenvalue weighted by atomic mass is 79.9. The SMILES string of the molecule is O=c1[nH]cc(C(F)(F)F)c2ccc(Br)cc12. The third kappa shape index (κ3) is 1.84. The second-order valence-electron chi connectivity index (χ2n) is 3.22. The van der Waals surface area contributed by atoms with Gasteiger partial charge in [-0.1, -0.05) is 22.0 Å². The number of pyridine rings is 1. The molecule has 0 unspecified atom stereocenters. The highest BCUT2D eigenvalue weighted by molar-refractivity contribution is 9.10. The summed E-state index contributed by atoms with van der Waals surface area (Å²) in [6.45, 7) is 0. The Morgan fingerprint density at radius 1 is 1.19 bits per heavy atom. The third-order valence-electron chi connectivity index (χ3n) is 2.17. The first kappa shape index (κ1) is 11.2. The zero-order valence-corrected chi connectivity index (χ0v) is 9.32. The highest BCUT2D eigenvalue weighted by Gasteiger charge is 2.33. The summed E-state index contributed by atoms with van der Waals surface area (Å²) in [5.41, 5.74) is -1.38. The van der Waals surface area contributed by atoms with Gasteiger partial charge in [0.15, 0.2) is 0 Å². The van der Waals surface area contributed by atoms with Crippen LogP contribution in [0.15, 0.2) is 33.7 Å². The van der Waals surface area contributed by atoms with Gasteiger partial charge in [0.25, 0.3) is 5.56 Å². The molecule has 1 N–H and O–H groups in total. The Hall–Kier alpha value is -1.30. The molecule has 1 aromatic heterocycles. The molecule has 2 nitrogen and oxygen atoms in total. The van der Waals surface area contributed by atoms with Gasteiger partial charge < -0.3 is 4.98 Å². The van der Waals surface area contributed by atoms with E-state index in [1.54, 1.807) is 0 Å². The first-order valence-corrected chi connectivity index (χ1v) is 5.07. The van der Waals surface area contributed by atoms with E-state index in [1.807, 2.05) is 0 Å². The first-order chi connectivity index (χ1) is 7.39. The van der Waals surface area contributed by atoms with E-state index >= 15 is 0 Å². The summed E-state index contributed by atoms with van der Waals surface area (Å²) in [7, 11) is 0. The maximum atomic E-state index is 12.6. The van der Waals surface area contributed by atoms with Gasteiger partial charge in [0.2, 0.25) is 0 Å². The van der Waals surface area contributed by atoms with Crippen LogP contribution >= 0.6 is 15.9 Å². The average molecular weight is 292 g/mol. The fraction of sp³-hybridized carbons (Fsp3) is 0.100. The second kappa shape index (κ2) is 3.62. The van der Waals surface area contributed by atoms with Crippen LogP contribution < -0.4 is 5.56 Å². The normalized spacial score (nSPS) is 12.0. The van der Waals surface area contributed by atoms with Crippen molar-refractivity contribution in [3.63, 3.8) is 0 Å². The van der Waals surface area contributed by atoms with Gasteiger partial charge in [-0.05, 0) is 12.1 Å². The molecule has 1 heterocycles. The molecule has 0 spiro atoms. The van der Waals surface area contributed by atoms with Gasteiger partial charge >= 0.3 is 6.18 Å². The molecule has 16 heavy (non-hydrogen) atoms. The van der Waals surface area contributed by atoms with Crippen LogP contribution in [-0.4, -0.2) is 4.98 Å². The highest BCUT2D eigenvalue weighted by Crippen LogP contribution is 2.33. The van der Waals surface area contributed by atoms with E-state index in [4.69, 9.17) is 0 Å². The van der Waals surface area contributed by atoms with Gasteiger partial charge in [-0.3, -0.25) is 4.79 Å². The molecule has 2 rings (SSSR count). The lowest BCUT2D eigenvalue weighted by atomic mass is 10.1. The topological polar surface area (TPSA) is 32.9 Å². The van der Waals surface area contributed by atoms with Gasteiger partial charge in [0, 0.05) is 21.4 Å². The maximum absolute atomic E-state index is 12.6. The van der Waals surface area contributed by atoms with Crippen LogP contribution in [0.1, 0.15) is 5.56 Å². The monoisotopic (exact) mass is 291 g/mol. The van der Waals surface area contributed by atoms with Crippen molar-refractivity contribution in [2.24, 2.45) is 0 Å². The van der Waals surface area contributed by atoms with Crippen LogP contribution in [0.5, 0.6) is 0 Å². The van der Waals surface area contributed by atoms with Crippen LogP contribution in [0.2, 0.25) is 0 Å². The number of nitrogens with one attached hydrogen (secondary N) is 1. The molecule has 0 radical (unpaired) electrons. The molecular formula is C10H5BrF3NO. The minimum absolute atomic E-state index is 0.0178. The predicted octanol–water partition coefficient (Wildman–Crippen LogP) is 3.31. The zero-order valence-electron chi connectivity index (χ0n) is 7.73. The van der Waals surface area contributed by atoms with Gasteiger partial charge in [-0.2, -0.15) is 13.2 Å². The molecule has 0 aliphatic rings. The Morgan fingerprint density at radius 3 is 2.50 bits per heavy atom. The Bertz CT molecular complexity index is 603. The van der Waals surface area contributed by atoms with Crippen molar-refractivity contribution in [3.8, 4) is 0 Å². The summed E-state index contributed by atoms with van der Waals surface area (Å²) in [5, 5.41) is -0.0800. The number of rotatable bonds is 0. The van der Waals surface area contributed by atoms with Gasteiger partial charge in [0.1, 0.15) is 0 Å². The Morgan fingerprint density at radius 2 is 1.88 bits per heavy atom. The number of hydrogen-bond donors (Lipinski definition) is 1.